The molecule has 33 heavy (non-hydrogen) atoms. The Morgan fingerprint density at radius 3 is 2.18 bits per heavy atom. The lowest BCUT2D eigenvalue weighted by Crippen LogP contribution is -2.46. The van der Waals surface area contributed by atoms with Gasteiger partial charge in [0.1, 0.15) is 0 Å². The van der Waals surface area contributed by atoms with Gasteiger partial charge in [-0.05, 0) is 63.1 Å². The van der Waals surface area contributed by atoms with E-state index < -0.39 is 0 Å². The summed E-state index contributed by atoms with van der Waals surface area (Å²) >= 11 is 0. The van der Waals surface area contributed by atoms with Gasteiger partial charge in [-0.25, -0.2) is 9.97 Å². The highest BCUT2D eigenvalue weighted by Crippen LogP contribution is 2.28. The maximum atomic E-state index is 12.9. The number of hydrogen-bond donors (Lipinski definition) is 1. The van der Waals surface area contributed by atoms with Crippen LogP contribution in [0.25, 0.3) is 11.0 Å². The number of amides is 2. The fourth-order valence-corrected chi connectivity index (χ4v) is 4.02. The van der Waals surface area contributed by atoms with Crippen LogP contribution in [0.4, 0.5) is 0 Å². The minimum absolute atomic E-state index is 0.00786. The summed E-state index contributed by atoms with van der Waals surface area (Å²) in [4.78, 5) is 36.6. The van der Waals surface area contributed by atoms with Crippen LogP contribution in [0.15, 0.2) is 36.4 Å². The standard InChI is InChI=1S/C25H28N4O4/c1-15-16(2)27-21-13-17(5-7-20(21)26-15)24(30)28-19-9-11-29(12-10-19)25(31)18-6-8-22(32-3)23(14-18)33-4/h5-8,13-14,19H,9-12H2,1-4H3,(H,28,30). The second kappa shape index (κ2) is 9.44. The van der Waals surface area contributed by atoms with E-state index >= 15 is 0 Å². The Balaban J connectivity index is 1.37. The van der Waals surface area contributed by atoms with Gasteiger partial charge in [0.25, 0.3) is 11.8 Å². The molecule has 172 valence electrons. The Bertz CT molecular complexity index is 1200. The third-order valence-corrected chi connectivity index (χ3v) is 6.09. The number of carbonyl (C=O) groups is 2. The maximum Gasteiger partial charge on any atom is 0.253 e. The molecule has 4 rings (SSSR count). The molecule has 8 heteroatoms. The van der Waals surface area contributed by atoms with E-state index in [-0.39, 0.29) is 17.9 Å². The van der Waals surface area contributed by atoms with Gasteiger partial charge in [0.15, 0.2) is 11.5 Å². The van der Waals surface area contributed by atoms with Crippen molar-refractivity contribution in [2.24, 2.45) is 0 Å². The van der Waals surface area contributed by atoms with Gasteiger partial charge in [0.05, 0.1) is 36.6 Å². The van der Waals surface area contributed by atoms with E-state index in [0.717, 1.165) is 16.9 Å². The summed E-state index contributed by atoms with van der Waals surface area (Å²) in [6, 6.07) is 10.6. The first-order valence-corrected chi connectivity index (χ1v) is 11.0. The number of nitrogens with zero attached hydrogens (tertiary/aromatic N) is 3. The Kier molecular flexibility index (Phi) is 6.44. The van der Waals surface area contributed by atoms with Gasteiger partial charge < -0.3 is 19.7 Å². The van der Waals surface area contributed by atoms with Gasteiger partial charge in [-0.1, -0.05) is 0 Å². The largest absolute Gasteiger partial charge is 0.493 e. The SMILES string of the molecule is COc1ccc(C(=O)N2CCC(NC(=O)c3ccc4nc(C)c(C)nc4c3)CC2)cc1OC. The molecule has 8 nitrogen and oxygen atoms in total. The Morgan fingerprint density at radius 2 is 1.52 bits per heavy atom. The minimum Gasteiger partial charge on any atom is -0.493 e. The maximum absolute atomic E-state index is 12.9. The van der Waals surface area contributed by atoms with E-state index in [1.54, 1.807) is 49.5 Å². The highest BCUT2D eigenvalue weighted by molar-refractivity contribution is 5.97. The second-order valence-corrected chi connectivity index (χ2v) is 8.21. The Hall–Kier alpha value is -3.68. The Morgan fingerprint density at radius 1 is 0.879 bits per heavy atom. The quantitative estimate of drug-likeness (QED) is 0.644. The zero-order valence-corrected chi connectivity index (χ0v) is 19.3. The molecule has 0 saturated carbocycles. The summed E-state index contributed by atoms with van der Waals surface area (Å²) in [5.41, 5.74) is 4.33. The number of hydrogen-bond acceptors (Lipinski definition) is 6. The number of fused-ring (bicyclic) bond motifs is 1. The summed E-state index contributed by atoms with van der Waals surface area (Å²) in [6.07, 6.45) is 1.38. The van der Waals surface area contributed by atoms with Crippen LogP contribution < -0.4 is 14.8 Å². The van der Waals surface area contributed by atoms with E-state index in [4.69, 9.17) is 9.47 Å². The number of aromatic nitrogens is 2. The Labute approximate surface area is 192 Å². The third kappa shape index (κ3) is 4.74. The number of piperidine rings is 1. The summed E-state index contributed by atoms with van der Waals surface area (Å²) < 4.78 is 10.5. The normalized spacial score (nSPS) is 14.2. The van der Waals surface area contributed by atoms with E-state index in [2.05, 4.69) is 15.3 Å². The average molecular weight is 449 g/mol. The summed E-state index contributed by atoms with van der Waals surface area (Å²) in [5, 5.41) is 3.10. The van der Waals surface area contributed by atoms with E-state index in [1.807, 2.05) is 19.9 Å². The molecule has 1 saturated heterocycles. The summed E-state index contributed by atoms with van der Waals surface area (Å²) in [7, 11) is 3.11. The van der Waals surface area contributed by atoms with E-state index in [0.29, 0.717) is 54.1 Å². The molecule has 0 bridgehead atoms. The molecule has 1 aliphatic heterocycles. The first-order valence-electron chi connectivity index (χ1n) is 11.0. The molecule has 3 aromatic rings. The molecule has 0 atom stereocenters. The van der Waals surface area contributed by atoms with Crippen molar-refractivity contribution in [1.82, 2.24) is 20.2 Å². The number of ether oxygens (including phenoxy) is 2. The van der Waals surface area contributed by atoms with Crippen LogP contribution in [0.5, 0.6) is 11.5 Å². The highest BCUT2D eigenvalue weighted by atomic mass is 16.5. The molecule has 2 heterocycles. The van der Waals surface area contributed by atoms with Crippen LogP contribution in [0.3, 0.4) is 0 Å². The van der Waals surface area contributed by atoms with Crippen molar-refractivity contribution >= 4 is 22.8 Å². The van der Waals surface area contributed by atoms with Gasteiger partial charge in [-0.2, -0.15) is 0 Å². The van der Waals surface area contributed by atoms with Crippen molar-refractivity contribution < 1.29 is 19.1 Å². The summed E-state index contributed by atoms with van der Waals surface area (Å²) in [5.74, 6) is 0.914. The van der Waals surface area contributed by atoms with Crippen LogP contribution in [-0.2, 0) is 0 Å². The number of carbonyl (C=O) groups excluding carboxylic acids is 2. The monoisotopic (exact) mass is 448 g/mol. The predicted molar refractivity (Wildman–Crippen MR) is 125 cm³/mol. The van der Waals surface area contributed by atoms with Crippen molar-refractivity contribution in [1.29, 1.82) is 0 Å². The number of methoxy groups -OCH3 is 2. The van der Waals surface area contributed by atoms with Crippen molar-refractivity contribution in [3.8, 4) is 11.5 Å². The average Bonchev–Trinajstić information content (AvgIpc) is 2.84. The number of aryl methyl sites for hydroxylation is 2. The van der Waals surface area contributed by atoms with Gasteiger partial charge in [0.2, 0.25) is 0 Å². The lowest BCUT2D eigenvalue weighted by atomic mass is 10.0. The molecule has 0 spiro atoms. The fraction of sp³-hybridized carbons (Fsp3) is 0.360. The van der Waals surface area contributed by atoms with Crippen molar-refractivity contribution in [3.05, 3.63) is 58.9 Å². The topological polar surface area (TPSA) is 93.7 Å². The van der Waals surface area contributed by atoms with Crippen LogP contribution in [0.1, 0.15) is 44.9 Å². The van der Waals surface area contributed by atoms with Crippen LogP contribution in [-0.4, -0.2) is 60.0 Å². The molecule has 1 aliphatic rings. The van der Waals surface area contributed by atoms with E-state index in [9.17, 15) is 9.59 Å². The smallest absolute Gasteiger partial charge is 0.253 e. The van der Waals surface area contributed by atoms with Crippen molar-refractivity contribution in [3.63, 3.8) is 0 Å². The van der Waals surface area contributed by atoms with Gasteiger partial charge in [0, 0.05) is 30.3 Å². The molecule has 2 aromatic carbocycles. The number of likely N-dealkylation sites (tertiary alicyclic amines) is 1. The zero-order valence-electron chi connectivity index (χ0n) is 19.3. The molecular weight excluding hydrogens is 420 g/mol. The van der Waals surface area contributed by atoms with Crippen LogP contribution >= 0.6 is 0 Å². The molecule has 2 amide bonds. The third-order valence-electron chi connectivity index (χ3n) is 6.09. The molecule has 1 aromatic heterocycles. The molecule has 0 unspecified atom stereocenters. The van der Waals surface area contributed by atoms with Crippen molar-refractivity contribution in [2.45, 2.75) is 32.7 Å². The molecule has 1 N–H and O–H groups in total. The number of nitrogens with one attached hydrogen (secondary N) is 1. The first-order chi connectivity index (χ1) is 15.9. The highest BCUT2D eigenvalue weighted by Gasteiger charge is 2.25. The van der Waals surface area contributed by atoms with Crippen molar-refractivity contribution in [2.75, 3.05) is 27.3 Å². The van der Waals surface area contributed by atoms with Gasteiger partial charge in [-0.3, -0.25) is 9.59 Å². The van der Waals surface area contributed by atoms with Gasteiger partial charge in [-0.15, -0.1) is 0 Å². The van der Waals surface area contributed by atoms with Gasteiger partial charge >= 0.3 is 0 Å². The fourth-order valence-electron chi connectivity index (χ4n) is 4.02. The summed E-state index contributed by atoms with van der Waals surface area (Å²) in [6.45, 7) is 4.97. The molecular formula is C25H28N4O4. The number of benzene rings is 2. The molecule has 0 radical (unpaired) electrons. The minimum atomic E-state index is -0.137. The van der Waals surface area contributed by atoms with Crippen LogP contribution in [0, 0.1) is 13.8 Å². The lowest BCUT2D eigenvalue weighted by molar-refractivity contribution is 0.0697. The molecule has 0 aliphatic carbocycles. The van der Waals surface area contributed by atoms with Crippen LogP contribution in [0.2, 0.25) is 0 Å². The zero-order chi connectivity index (χ0) is 23.5. The first kappa shape index (κ1) is 22.5. The predicted octanol–water partition coefficient (Wildman–Crippen LogP) is 3.30. The molecule has 1 fully saturated rings. The lowest BCUT2D eigenvalue weighted by Gasteiger charge is -2.32. The number of rotatable bonds is 5. The van der Waals surface area contributed by atoms with E-state index in [1.165, 1.54) is 0 Å². The second-order valence-electron chi connectivity index (χ2n) is 8.21.